The first kappa shape index (κ1) is 17.5. The standard InChI is InChI=1S/C18H21N3O3S/c22-17(21-25(23,24)18-13-19-10-11-20-18)12-14-6-8-16(9-7-14)15-4-2-1-3-5-15/h1-5,10-11,13-14,16H,6-9,12H2,(H,21,22). The largest absolute Gasteiger partial charge is 0.283 e. The predicted octanol–water partition coefficient (Wildman–Crippen LogP) is 2.65. The lowest BCUT2D eigenvalue weighted by atomic mass is 9.77. The molecule has 7 heteroatoms. The highest BCUT2D eigenvalue weighted by atomic mass is 32.2. The van der Waals surface area contributed by atoms with Gasteiger partial charge in [0.05, 0.1) is 6.20 Å². The Labute approximate surface area is 147 Å². The van der Waals surface area contributed by atoms with E-state index in [0.717, 1.165) is 31.9 Å². The molecule has 1 N–H and O–H groups in total. The lowest BCUT2D eigenvalue weighted by molar-refractivity contribution is -0.120. The van der Waals surface area contributed by atoms with Crippen LogP contribution in [0.3, 0.4) is 0 Å². The summed E-state index contributed by atoms with van der Waals surface area (Å²) in [5.74, 6) is 0.273. The van der Waals surface area contributed by atoms with E-state index in [1.807, 2.05) is 18.2 Å². The van der Waals surface area contributed by atoms with E-state index >= 15 is 0 Å². The van der Waals surface area contributed by atoms with Gasteiger partial charge in [-0.3, -0.25) is 9.78 Å². The summed E-state index contributed by atoms with van der Waals surface area (Å²) in [4.78, 5) is 19.6. The van der Waals surface area contributed by atoms with Gasteiger partial charge in [0.1, 0.15) is 0 Å². The molecule has 1 aliphatic carbocycles. The Balaban J connectivity index is 1.51. The molecule has 1 fully saturated rings. The van der Waals surface area contributed by atoms with Crippen LogP contribution in [0, 0.1) is 5.92 Å². The molecule has 0 radical (unpaired) electrons. The normalized spacial score (nSPS) is 20.8. The minimum Gasteiger partial charge on any atom is -0.274 e. The van der Waals surface area contributed by atoms with Crippen molar-refractivity contribution in [3.63, 3.8) is 0 Å². The molecule has 0 spiro atoms. The highest BCUT2D eigenvalue weighted by Gasteiger charge is 2.26. The van der Waals surface area contributed by atoms with Gasteiger partial charge < -0.3 is 0 Å². The summed E-state index contributed by atoms with van der Waals surface area (Å²) in [5.41, 5.74) is 1.34. The maximum atomic E-state index is 12.1. The Morgan fingerprint density at radius 1 is 1.08 bits per heavy atom. The van der Waals surface area contributed by atoms with Gasteiger partial charge in [-0.05, 0) is 43.1 Å². The summed E-state index contributed by atoms with van der Waals surface area (Å²) < 4.78 is 26.3. The topological polar surface area (TPSA) is 89.0 Å². The van der Waals surface area contributed by atoms with Gasteiger partial charge >= 0.3 is 0 Å². The van der Waals surface area contributed by atoms with Crippen LogP contribution in [-0.2, 0) is 14.8 Å². The summed E-state index contributed by atoms with van der Waals surface area (Å²) in [5, 5.41) is -0.240. The summed E-state index contributed by atoms with van der Waals surface area (Å²) in [6.45, 7) is 0. The van der Waals surface area contributed by atoms with E-state index in [-0.39, 0.29) is 17.4 Å². The Kier molecular flexibility index (Phi) is 5.43. The van der Waals surface area contributed by atoms with E-state index in [1.54, 1.807) is 0 Å². The monoisotopic (exact) mass is 359 g/mol. The maximum Gasteiger partial charge on any atom is 0.283 e. The Morgan fingerprint density at radius 2 is 1.80 bits per heavy atom. The zero-order valence-corrected chi connectivity index (χ0v) is 14.7. The molecule has 2 aromatic rings. The summed E-state index contributed by atoms with van der Waals surface area (Å²) >= 11 is 0. The smallest absolute Gasteiger partial charge is 0.274 e. The minimum atomic E-state index is -3.94. The summed E-state index contributed by atoms with van der Waals surface area (Å²) in [6, 6.07) is 10.4. The fraction of sp³-hybridized carbons (Fsp3) is 0.389. The molecule has 1 heterocycles. The van der Waals surface area contributed by atoms with Crippen LogP contribution in [0.5, 0.6) is 0 Å². The average molecular weight is 359 g/mol. The first-order valence-corrected chi connectivity index (χ1v) is 9.89. The van der Waals surface area contributed by atoms with Gasteiger partial charge in [-0.25, -0.2) is 9.71 Å². The molecule has 25 heavy (non-hydrogen) atoms. The molecule has 0 saturated heterocycles. The lowest BCUT2D eigenvalue weighted by Gasteiger charge is -2.28. The number of rotatable bonds is 5. The second-order valence-corrected chi connectivity index (χ2v) is 8.03. The lowest BCUT2D eigenvalue weighted by Crippen LogP contribution is -2.33. The molecule has 1 saturated carbocycles. The number of hydrogen-bond donors (Lipinski definition) is 1. The molecule has 0 aliphatic heterocycles. The van der Waals surface area contributed by atoms with Gasteiger partial charge in [0.2, 0.25) is 5.91 Å². The van der Waals surface area contributed by atoms with Crippen LogP contribution in [0.25, 0.3) is 0 Å². The van der Waals surface area contributed by atoms with Crippen molar-refractivity contribution in [3.05, 3.63) is 54.5 Å². The fourth-order valence-electron chi connectivity index (χ4n) is 3.36. The van der Waals surface area contributed by atoms with Crippen molar-refractivity contribution in [3.8, 4) is 0 Å². The van der Waals surface area contributed by atoms with Gasteiger partial charge in [0, 0.05) is 18.8 Å². The van der Waals surface area contributed by atoms with Crippen molar-refractivity contribution in [2.45, 2.75) is 43.0 Å². The molecule has 1 amide bonds. The predicted molar refractivity (Wildman–Crippen MR) is 93.1 cm³/mol. The van der Waals surface area contributed by atoms with Crippen LogP contribution in [0.4, 0.5) is 0 Å². The molecule has 0 unspecified atom stereocenters. The second-order valence-electron chi connectivity index (χ2n) is 6.40. The van der Waals surface area contributed by atoms with E-state index < -0.39 is 15.9 Å². The molecule has 132 valence electrons. The summed E-state index contributed by atoms with van der Waals surface area (Å²) in [7, 11) is -3.94. The summed E-state index contributed by atoms with van der Waals surface area (Å²) in [6.07, 6.45) is 7.92. The van der Waals surface area contributed by atoms with E-state index in [2.05, 4.69) is 26.8 Å². The van der Waals surface area contributed by atoms with Gasteiger partial charge in [0.15, 0.2) is 5.03 Å². The number of hydrogen-bond acceptors (Lipinski definition) is 5. The van der Waals surface area contributed by atoms with Crippen molar-refractivity contribution in [2.24, 2.45) is 5.92 Å². The number of carbonyl (C=O) groups is 1. The molecule has 3 rings (SSSR count). The molecular formula is C18H21N3O3S. The number of aromatic nitrogens is 2. The van der Waals surface area contributed by atoms with Crippen LogP contribution in [0.2, 0.25) is 0 Å². The van der Waals surface area contributed by atoms with E-state index in [9.17, 15) is 13.2 Å². The highest BCUT2D eigenvalue weighted by molar-refractivity contribution is 7.90. The Bertz CT molecular complexity index is 802. The SMILES string of the molecule is O=C(CC1CCC(c2ccccc2)CC1)NS(=O)(=O)c1cnccn1. The Hall–Kier alpha value is -2.28. The quantitative estimate of drug-likeness (QED) is 0.886. The van der Waals surface area contributed by atoms with Crippen LogP contribution in [0.15, 0.2) is 53.9 Å². The van der Waals surface area contributed by atoms with Crippen molar-refractivity contribution in [1.29, 1.82) is 0 Å². The Morgan fingerprint density at radius 3 is 2.44 bits per heavy atom. The number of sulfonamides is 1. The van der Waals surface area contributed by atoms with Crippen molar-refractivity contribution in [1.82, 2.24) is 14.7 Å². The first-order chi connectivity index (χ1) is 12.0. The molecular weight excluding hydrogens is 338 g/mol. The number of amides is 1. The average Bonchev–Trinajstić information content (AvgIpc) is 2.63. The van der Waals surface area contributed by atoms with Crippen LogP contribution < -0.4 is 4.72 Å². The number of nitrogens with one attached hydrogen (secondary N) is 1. The molecule has 1 aliphatic rings. The number of carbonyl (C=O) groups excluding carboxylic acids is 1. The van der Waals surface area contributed by atoms with Gasteiger partial charge in [-0.15, -0.1) is 0 Å². The fourth-order valence-corrected chi connectivity index (χ4v) is 4.24. The van der Waals surface area contributed by atoms with E-state index in [1.165, 1.54) is 18.0 Å². The van der Waals surface area contributed by atoms with Crippen LogP contribution >= 0.6 is 0 Å². The third-order valence-corrected chi connectivity index (χ3v) is 5.91. The first-order valence-electron chi connectivity index (χ1n) is 8.41. The van der Waals surface area contributed by atoms with E-state index in [0.29, 0.717) is 5.92 Å². The van der Waals surface area contributed by atoms with Gasteiger partial charge in [-0.2, -0.15) is 8.42 Å². The molecule has 1 aromatic carbocycles. The minimum absolute atomic E-state index is 0.219. The van der Waals surface area contributed by atoms with Crippen molar-refractivity contribution in [2.75, 3.05) is 0 Å². The molecule has 1 aromatic heterocycles. The highest BCUT2D eigenvalue weighted by Crippen LogP contribution is 2.36. The number of benzene rings is 1. The molecule has 0 atom stereocenters. The third kappa shape index (κ3) is 4.63. The van der Waals surface area contributed by atoms with Crippen LogP contribution in [0.1, 0.15) is 43.6 Å². The van der Waals surface area contributed by atoms with Crippen LogP contribution in [-0.4, -0.2) is 24.3 Å². The van der Waals surface area contributed by atoms with Gasteiger partial charge in [0.25, 0.3) is 10.0 Å². The zero-order chi connectivity index (χ0) is 17.7. The van der Waals surface area contributed by atoms with E-state index in [4.69, 9.17) is 0 Å². The van der Waals surface area contributed by atoms with Crippen molar-refractivity contribution >= 4 is 15.9 Å². The zero-order valence-electron chi connectivity index (χ0n) is 13.8. The second kappa shape index (κ2) is 7.74. The molecule has 0 bridgehead atoms. The maximum absolute atomic E-state index is 12.1. The van der Waals surface area contributed by atoms with Gasteiger partial charge in [-0.1, -0.05) is 30.3 Å². The number of nitrogens with zero attached hydrogens (tertiary/aromatic N) is 2. The molecule has 6 nitrogen and oxygen atoms in total. The third-order valence-electron chi connectivity index (χ3n) is 4.65. The van der Waals surface area contributed by atoms with Crippen molar-refractivity contribution < 1.29 is 13.2 Å².